The maximum atomic E-state index is 2.63. The summed E-state index contributed by atoms with van der Waals surface area (Å²) in [6.07, 6.45) is 14.1. The van der Waals surface area contributed by atoms with Gasteiger partial charge < -0.3 is 24.8 Å². The van der Waals surface area contributed by atoms with Crippen LogP contribution in [0.3, 0.4) is 0 Å². The fraction of sp³-hybridized carbons (Fsp3) is 0.529. The van der Waals surface area contributed by atoms with Crippen LogP contribution in [0.1, 0.15) is 52.9 Å². The number of hydrogen-bond donors (Lipinski definition) is 0. The first kappa shape index (κ1) is 18.5. The summed E-state index contributed by atoms with van der Waals surface area (Å²) in [4.78, 5) is 0. The van der Waals surface area contributed by atoms with Gasteiger partial charge in [-0.25, -0.2) is 0 Å². The molecule has 0 fully saturated rings. The van der Waals surface area contributed by atoms with Crippen LogP contribution in [-0.2, 0) is 23.2 Å². The van der Waals surface area contributed by atoms with Crippen LogP contribution in [0.15, 0.2) is 43.8 Å². The van der Waals surface area contributed by atoms with Crippen LogP contribution in [0.5, 0.6) is 0 Å². The Morgan fingerprint density at radius 3 is 2.45 bits per heavy atom. The van der Waals surface area contributed by atoms with E-state index in [-0.39, 0.29) is 24.8 Å². The summed E-state index contributed by atoms with van der Waals surface area (Å²) in [5.41, 5.74) is 6.77. The Bertz CT molecular complexity index is 511. The van der Waals surface area contributed by atoms with E-state index in [0.29, 0.717) is 3.12 Å². The third-order valence-corrected chi connectivity index (χ3v) is 9.24. The van der Waals surface area contributed by atoms with Crippen LogP contribution in [0.2, 0.25) is 3.12 Å². The Kier molecular flexibility index (Phi) is 6.58. The van der Waals surface area contributed by atoms with Crippen molar-refractivity contribution in [3.8, 4) is 0 Å². The number of halogens is 2. The van der Waals surface area contributed by atoms with Crippen molar-refractivity contribution in [2.75, 3.05) is 0 Å². The van der Waals surface area contributed by atoms with Gasteiger partial charge in [-0.2, -0.15) is 0 Å². The molecule has 0 radical (unpaired) electrons. The van der Waals surface area contributed by atoms with Crippen molar-refractivity contribution in [2.45, 2.75) is 56.0 Å². The van der Waals surface area contributed by atoms with E-state index < -0.39 is 23.2 Å². The second kappa shape index (κ2) is 7.12. The van der Waals surface area contributed by atoms with E-state index in [1.165, 1.54) is 32.1 Å². The monoisotopic (exact) mass is 386 g/mol. The molecule has 0 bridgehead atoms. The minimum atomic E-state index is -0.515. The summed E-state index contributed by atoms with van der Waals surface area (Å²) in [6.45, 7) is 7.19. The summed E-state index contributed by atoms with van der Waals surface area (Å²) in [7, 11) is 0. The Balaban J connectivity index is 0.000001000. The minimum absolute atomic E-state index is 0. The van der Waals surface area contributed by atoms with E-state index in [2.05, 4.69) is 39.0 Å². The smallest absolute Gasteiger partial charge is 1.00 e. The molecule has 3 heteroatoms. The second-order valence-corrected chi connectivity index (χ2v) is 10.7. The van der Waals surface area contributed by atoms with E-state index in [0.717, 1.165) is 0 Å². The number of allylic oxidation sites excluding steroid dienone is 8. The fourth-order valence-electron chi connectivity index (χ4n) is 3.71. The van der Waals surface area contributed by atoms with Crippen LogP contribution < -0.4 is 24.8 Å². The normalized spacial score (nSPS) is 27.6. The van der Waals surface area contributed by atoms with Gasteiger partial charge >= 0.3 is 123 Å². The molecule has 0 saturated carbocycles. The van der Waals surface area contributed by atoms with Crippen LogP contribution >= 0.6 is 0 Å². The molecule has 0 aromatic carbocycles. The summed E-state index contributed by atoms with van der Waals surface area (Å²) in [5.74, 6) is 0. The molecule has 3 aliphatic carbocycles. The third kappa shape index (κ3) is 3.26. The van der Waals surface area contributed by atoms with Crippen LogP contribution in [0.4, 0.5) is 0 Å². The summed E-state index contributed by atoms with van der Waals surface area (Å²) < 4.78 is 2.32. The van der Waals surface area contributed by atoms with Crippen molar-refractivity contribution >= 4 is 0 Å². The summed E-state index contributed by atoms with van der Waals surface area (Å²) >= 11 is -0.515. The van der Waals surface area contributed by atoms with Crippen molar-refractivity contribution in [3.05, 3.63) is 43.8 Å². The predicted octanol–water partition coefficient (Wildman–Crippen LogP) is -0.680. The van der Waals surface area contributed by atoms with Crippen LogP contribution in [-0.4, -0.2) is 0 Å². The third-order valence-electron chi connectivity index (χ3n) is 4.65. The quantitative estimate of drug-likeness (QED) is 0.588. The first-order valence-corrected chi connectivity index (χ1v) is 9.63. The largest absolute Gasteiger partial charge is 1.00 e. The molecule has 0 amide bonds. The molecule has 0 aromatic rings. The molecule has 1 atom stereocenters. The zero-order chi connectivity index (χ0) is 12.8. The zero-order valence-electron chi connectivity index (χ0n) is 12.5. The first-order valence-electron chi connectivity index (χ1n) is 7.17. The molecule has 0 spiro atoms. The van der Waals surface area contributed by atoms with Gasteiger partial charge in [0, 0.05) is 0 Å². The molecule has 20 heavy (non-hydrogen) atoms. The molecule has 108 valence electrons. The molecule has 0 aliphatic heterocycles. The van der Waals surface area contributed by atoms with Gasteiger partial charge in [0.1, 0.15) is 0 Å². The van der Waals surface area contributed by atoms with Gasteiger partial charge in [-0.15, -0.1) is 0 Å². The standard InChI is InChI=1S/C11H15.C6H7.2ClH.Zr/c1-8-7-9(2)11-6-4-3-5-10(8)11;1-6-4-2-3-5-6;;;/h7H,3-6H2,1-2H3;2,4H,3H2,1H3;2*1H;/q;;;;+2/p-2. The van der Waals surface area contributed by atoms with Crippen molar-refractivity contribution in [1.82, 2.24) is 0 Å². The van der Waals surface area contributed by atoms with Gasteiger partial charge in [-0.05, 0) is 0 Å². The van der Waals surface area contributed by atoms with Gasteiger partial charge in [0.15, 0.2) is 0 Å². The molecule has 1 unspecified atom stereocenters. The van der Waals surface area contributed by atoms with Crippen molar-refractivity contribution in [3.63, 3.8) is 0 Å². The van der Waals surface area contributed by atoms with E-state index in [4.69, 9.17) is 0 Å². The molecular weight excluding hydrogens is 366 g/mol. The van der Waals surface area contributed by atoms with Crippen molar-refractivity contribution in [2.24, 2.45) is 0 Å². The van der Waals surface area contributed by atoms with E-state index in [1.807, 2.05) is 8.85 Å². The van der Waals surface area contributed by atoms with Gasteiger partial charge in [-0.3, -0.25) is 0 Å². The average molecular weight is 388 g/mol. The number of rotatable bonds is 2. The van der Waals surface area contributed by atoms with Gasteiger partial charge in [0.05, 0.1) is 0 Å². The Morgan fingerprint density at radius 2 is 1.80 bits per heavy atom. The summed E-state index contributed by atoms with van der Waals surface area (Å²) in [5, 5.41) is 0. The molecular formula is C17H22Cl2Zr. The molecule has 0 aromatic heterocycles. The van der Waals surface area contributed by atoms with Crippen LogP contribution in [0, 0.1) is 0 Å². The van der Waals surface area contributed by atoms with Gasteiger partial charge in [-0.1, -0.05) is 0 Å². The minimum Gasteiger partial charge on any atom is -1.00 e. The van der Waals surface area contributed by atoms with Gasteiger partial charge in [0.2, 0.25) is 0 Å². The topological polar surface area (TPSA) is 0 Å². The molecule has 0 nitrogen and oxygen atoms in total. The predicted molar refractivity (Wildman–Crippen MR) is 74.1 cm³/mol. The van der Waals surface area contributed by atoms with E-state index in [1.54, 1.807) is 16.7 Å². The number of hydrogen-bond acceptors (Lipinski definition) is 0. The van der Waals surface area contributed by atoms with Crippen LogP contribution in [0.25, 0.3) is 0 Å². The maximum Gasteiger partial charge on any atom is -1.00 e. The Morgan fingerprint density at radius 1 is 1.10 bits per heavy atom. The Hall–Kier alpha value is 0.423. The van der Waals surface area contributed by atoms with Crippen molar-refractivity contribution < 1.29 is 48.0 Å². The second-order valence-electron chi connectivity index (χ2n) is 6.09. The maximum absolute atomic E-state index is 2.63. The molecule has 0 N–H and O–H groups in total. The van der Waals surface area contributed by atoms with Gasteiger partial charge in [0.25, 0.3) is 0 Å². The molecule has 3 rings (SSSR count). The zero-order valence-corrected chi connectivity index (χ0v) is 16.5. The molecule has 0 heterocycles. The SMILES string of the molecule is CC1=C[C](C)([Zr+2][C]2=C(C)C=CC2)C2=C1CCCC2.[Cl-].[Cl-]. The summed E-state index contributed by atoms with van der Waals surface area (Å²) in [6, 6.07) is 0. The van der Waals surface area contributed by atoms with Crippen molar-refractivity contribution in [1.29, 1.82) is 0 Å². The fourth-order valence-corrected chi connectivity index (χ4v) is 8.24. The first-order chi connectivity index (χ1) is 8.60. The molecule has 0 saturated heterocycles. The molecule has 3 aliphatic rings. The van der Waals surface area contributed by atoms with E-state index in [9.17, 15) is 0 Å². The average Bonchev–Trinajstić information content (AvgIpc) is 2.84. The Labute approximate surface area is 147 Å². The van der Waals surface area contributed by atoms with E-state index >= 15 is 0 Å².